The molecule has 0 aromatic rings. The monoisotopic (exact) mass is 254 g/mol. The van der Waals surface area contributed by atoms with Crippen LogP contribution in [0.1, 0.15) is 32.6 Å². The van der Waals surface area contributed by atoms with E-state index in [1.807, 2.05) is 6.92 Å². The molecule has 2 heterocycles. The number of carbonyl (C=O) groups excluding carboxylic acids is 1. The third kappa shape index (κ3) is 2.04. The second-order valence-corrected chi connectivity index (χ2v) is 5.77. The second-order valence-electron chi connectivity index (χ2n) is 5.77. The first-order valence-corrected chi connectivity index (χ1v) is 7.00. The molecule has 0 bridgehead atoms. The lowest BCUT2D eigenvalue weighted by molar-refractivity contribution is -0.146. The molecule has 102 valence electrons. The predicted octanol–water partition coefficient (Wildman–Crippen LogP) is 0.175. The number of amides is 1. The van der Waals surface area contributed by atoms with Crippen LogP contribution in [0.2, 0.25) is 0 Å². The molecule has 2 saturated heterocycles. The lowest BCUT2D eigenvalue weighted by atomic mass is 9.68. The van der Waals surface area contributed by atoms with E-state index in [4.69, 9.17) is 15.2 Å². The molecule has 2 aliphatic heterocycles. The maximum atomic E-state index is 12.1. The van der Waals surface area contributed by atoms with Gasteiger partial charge in [-0.05, 0) is 32.6 Å². The van der Waals surface area contributed by atoms with Crippen molar-refractivity contribution < 1.29 is 14.3 Å². The van der Waals surface area contributed by atoms with Crippen molar-refractivity contribution in [1.82, 2.24) is 5.32 Å². The van der Waals surface area contributed by atoms with Crippen molar-refractivity contribution in [3.63, 3.8) is 0 Å². The average molecular weight is 254 g/mol. The molecule has 3 fully saturated rings. The molecule has 1 amide bonds. The van der Waals surface area contributed by atoms with Crippen LogP contribution in [0, 0.1) is 5.92 Å². The Morgan fingerprint density at radius 1 is 1.33 bits per heavy atom. The van der Waals surface area contributed by atoms with E-state index in [0.29, 0.717) is 5.92 Å². The highest BCUT2D eigenvalue weighted by Crippen LogP contribution is 2.37. The molecule has 1 saturated carbocycles. The number of nitrogens with one attached hydrogen (secondary N) is 1. The van der Waals surface area contributed by atoms with E-state index in [0.717, 1.165) is 32.3 Å². The number of fused-ring (bicyclic) bond motifs is 1. The maximum absolute atomic E-state index is 12.1. The molecule has 0 spiro atoms. The van der Waals surface area contributed by atoms with Gasteiger partial charge in [0, 0.05) is 18.6 Å². The Labute approximate surface area is 107 Å². The number of hydrogen-bond donors (Lipinski definition) is 2. The molecule has 18 heavy (non-hydrogen) atoms. The molecule has 6 atom stereocenters. The fourth-order valence-electron chi connectivity index (χ4n) is 3.38. The highest BCUT2D eigenvalue weighted by atomic mass is 16.5. The fraction of sp³-hybridized carbons (Fsp3) is 0.923. The minimum absolute atomic E-state index is 0.0209. The molecule has 6 unspecified atom stereocenters. The molecular formula is C13H22N2O3. The zero-order valence-electron chi connectivity index (χ0n) is 10.8. The summed E-state index contributed by atoms with van der Waals surface area (Å²) in [6, 6.07) is 0.0142. The molecule has 3 aliphatic rings. The van der Waals surface area contributed by atoms with Crippen LogP contribution >= 0.6 is 0 Å². The van der Waals surface area contributed by atoms with Gasteiger partial charge in [-0.3, -0.25) is 4.79 Å². The minimum Gasteiger partial charge on any atom is -0.376 e. The van der Waals surface area contributed by atoms with Gasteiger partial charge in [0.2, 0.25) is 5.91 Å². The van der Waals surface area contributed by atoms with Gasteiger partial charge in [0.15, 0.2) is 0 Å². The van der Waals surface area contributed by atoms with Crippen molar-refractivity contribution in [3.8, 4) is 0 Å². The molecule has 5 heteroatoms. The van der Waals surface area contributed by atoms with E-state index in [-0.39, 0.29) is 36.3 Å². The molecule has 3 N–H and O–H groups in total. The largest absolute Gasteiger partial charge is 0.376 e. The van der Waals surface area contributed by atoms with Crippen LogP contribution in [0.25, 0.3) is 0 Å². The topological polar surface area (TPSA) is 73.6 Å². The third-order valence-corrected chi connectivity index (χ3v) is 4.51. The van der Waals surface area contributed by atoms with Crippen molar-refractivity contribution in [1.29, 1.82) is 0 Å². The minimum atomic E-state index is -0.296. The average Bonchev–Trinajstić information content (AvgIpc) is 2.82. The van der Waals surface area contributed by atoms with E-state index < -0.39 is 0 Å². The quantitative estimate of drug-likeness (QED) is 0.737. The second kappa shape index (κ2) is 4.79. The van der Waals surface area contributed by atoms with Crippen molar-refractivity contribution in [2.75, 3.05) is 6.61 Å². The van der Waals surface area contributed by atoms with Gasteiger partial charge in [-0.25, -0.2) is 0 Å². The summed E-state index contributed by atoms with van der Waals surface area (Å²) in [7, 11) is 0. The van der Waals surface area contributed by atoms with Crippen LogP contribution in [-0.2, 0) is 14.3 Å². The smallest absolute Gasteiger partial charge is 0.249 e. The summed E-state index contributed by atoms with van der Waals surface area (Å²) in [5.41, 5.74) is 6.12. The normalized spacial score (nSPS) is 47.2. The fourth-order valence-corrected chi connectivity index (χ4v) is 3.38. The lowest BCUT2D eigenvalue weighted by Gasteiger charge is -2.52. The Morgan fingerprint density at radius 3 is 2.89 bits per heavy atom. The van der Waals surface area contributed by atoms with E-state index in [1.165, 1.54) is 0 Å². The first-order valence-electron chi connectivity index (χ1n) is 7.00. The number of hydrogen-bond acceptors (Lipinski definition) is 4. The highest BCUT2D eigenvalue weighted by molar-refractivity contribution is 5.81. The number of rotatable bonds is 2. The van der Waals surface area contributed by atoms with Gasteiger partial charge < -0.3 is 20.5 Å². The number of ether oxygens (including phenoxy) is 2. The van der Waals surface area contributed by atoms with Gasteiger partial charge in [-0.15, -0.1) is 0 Å². The van der Waals surface area contributed by atoms with E-state index in [1.54, 1.807) is 0 Å². The predicted molar refractivity (Wildman–Crippen MR) is 65.9 cm³/mol. The van der Waals surface area contributed by atoms with Gasteiger partial charge in [0.1, 0.15) is 6.10 Å². The van der Waals surface area contributed by atoms with Gasteiger partial charge in [0.25, 0.3) is 0 Å². The Morgan fingerprint density at radius 2 is 2.17 bits per heavy atom. The van der Waals surface area contributed by atoms with Crippen LogP contribution < -0.4 is 11.1 Å². The van der Waals surface area contributed by atoms with Gasteiger partial charge >= 0.3 is 0 Å². The van der Waals surface area contributed by atoms with E-state index in [2.05, 4.69) is 5.32 Å². The summed E-state index contributed by atoms with van der Waals surface area (Å²) in [6.07, 6.45) is 3.98. The molecule has 1 aliphatic carbocycles. The van der Waals surface area contributed by atoms with Crippen molar-refractivity contribution in [2.45, 2.75) is 63.0 Å². The van der Waals surface area contributed by atoms with Crippen LogP contribution in [0.3, 0.4) is 0 Å². The lowest BCUT2D eigenvalue weighted by Crippen LogP contribution is -2.72. The number of nitrogens with two attached hydrogens (primary N) is 1. The molecule has 0 radical (unpaired) electrons. The van der Waals surface area contributed by atoms with Crippen LogP contribution in [0.5, 0.6) is 0 Å². The van der Waals surface area contributed by atoms with Crippen molar-refractivity contribution in [3.05, 3.63) is 0 Å². The summed E-state index contributed by atoms with van der Waals surface area (Å²) >= 11 is 0. The standard InChI is InChI=1S/C13H22N2O3/c1-7-4-5-9(18-7)13(16)15-11-10(14)8-3-2-6-17-12(8)11/h7-12H,2-6,14H2,1H3,(H,15,16). The third-order valence-electron chi connectivity index (χ3n) is 4.51. The molecule has 0 aromatic carbocycles. The Hall–Kier alpha value is -0.650. The van der Waals surface area contributed by atoms with Gasteiger partial charge in [-0.1, -0.05) is 0 Å². The zero-order chi connectivity index (χ0) is 12.7. The van der Waals surface area contributed by atoms with E-state index >= 15 is 0 Å². The molecular weight excluding hydrogens is 232 g/mol. The summed E-state index contributed by atoms with van der Waals surface area (Å²) in [6.45, 7) is 2.79. The van der Waals surface area contributed by atoms with Gasteiger partial charge in [0.05, 0.1) is 18.2 Å². The van der Waals surface area contributed by atoms with Gasteiger partial charge in [-0.2, -0.15) is 0 Å². The highest BCUT2D eigenvalue weighted by Gasteiger charge is 2.51. The van der Waals surface area contributed by atoms with E-state index in [9.17, 15) is 4.79 Å². The van der Waals surface area contributed by atoms with Crippen LogP contribution in [0.15, 0.2) is 0 Å². The molecule has 3 rings (SSSR count). The first kappa shape index (κ1) is 12.4. The molecule has 0 aromatic heterocycles. The maximum Gasteiger partial charge on any atom is 0.249 e. The van der Waals surface area contributed by atoms with Crippen LogP contribution in [-0.4, -0.2) is 42.9 Å². The first-order chi connectivity index (χ1) is 8.66. The van der Waals surface area contributed by atoms with Crippen LogP contribution in [0.4, 0.5) is 0 Å². The zero-order valence-corrected chi connectivity index (χ0v) is 10.8. The van der Waals surface area contributed by atoms with Crippen molar-refractivity contribution in [2.24, 2.45) is 11.7 Å². The summed E-state index contributed by atoms with van der Waals surface area (Å²) in [5.74, 6) is 0.403. The Bertz CT molecular complexity index is 336. The summed E-state index contributed by atoms with van der Waals surface area (Å²) in [4.78, 5) is 12.1. The Kier molecular flexibility index (Phi) is 3.30. The summed E-state index contributed by atoms with van der Waals surface area (Å²) < 4.78 is 11.3. The van der Waals surface area contributed by atoms with Crippen molar-refractivity contribution >= 4 is 5.91 Å². The molecule has 5 nitrogen and oxygen atoms in total. The number of carbonyl (C=O) groups is 1. The SMILES string of the molecule is CC1CCC(C(=O)NC2C(N)C3CCCOC32)O1. The summed E-state index contributed by atoms with van der Waals surface area (Å²) in [5, 5.41) is 3.01. The Balaban J connectivity index is 1.55.